The number of anilines is 1. The van der Waals surface area contributed by atoms with E-state index < -0.39 is 0 Å². The standard InChI is InChI=1S/C17H17Cl2NO2S/c1-11(23-10-12-3-5-13(18)6-4-12)17(21)20-15-9-14(19)7-8-16(15)22-2/h3-9,11H,10H2,1-2H3,(H,20,21)/t11-/m1/s1. The number of ether oxygens (including phenoxy) is 1. The number of thioether (sulfide) groups is 1. The molecular weight excluding hydrogens is 353 g/mol. The number of benzene rings is 2. The Kier molecular flexibility index (Phi) is 6.63. The molecule has 0 aliphatic heterocycles. The average Bonchev–Trinajstić information content (AvgIpc) is 2.54. The lowest BCUT2D eigenvalue weighted by Gasteiger charge is -2.14. The van der Waals surface area contributed by atoms with Crippen LogP contribution in [0.25, 0.3) is 0 Å². The first-order chi connectivity index (χ1) is 11.0. The summed E-state index contributed by atoms with van der Waals surface area (Å²) in [7, 11) is 1.55. The molecule has 2 rings (SSSR count). The smallest absolute Gasteiger partial charge is 0.237 e. The number of hydrogen-bond acceptors (Lipinski definition) is 3. The number of carbonyl (C=O) groups is 1. The molecule has 1 atom stereocenters. The molecule has 23 heavy (non-hydrogen) atoms. The second-order valence-corrected chi connectivity index (χ2v) is 7.12. The molecule has 0 radical (unpaired) electrons. The SMILES string of the molecule is COc1ccc(Cl)cc1NC(=O)[C@@H](C)SCc1ccc(Cl)cc1. The Bertz CT molecular complexity index is 677. The van der Waals surface area contributed by atoms with E-state index in [4.69, 9.17) is 27.9 Å². The molecule has 0 fully saturated rings. The van der Waals surface area contributed by atoms with Crippen molar-refractivity contribution in [1.82, 2.24) is 0 Å². The summed E-state index contributed by atoms with van der Waals surface area (Å²) in [6.07, 6.45) is 0. The summed E-state index contributed by atoms with van der Waals surface area (Å²) < 4.78 is 5.23. The third-order valence-electron chi connectivity index (χ3n) is 3.20. The Hall–Kier alpha value is -1.36. The summed E-state index contributed by atoms with van der Waals surface area (Å²) in [4.78, 5) is 12.3. The van der Waals surface area contributed by atoms with Crippen LogP contribution in [0.2, 0.25) is 10.0 Å². The molecule has 2 aromatic carbocycles. The van der Waals surface area contributed by atoms with Crippen molar-refractivity contribution in [2.45, 2.75) is 17.9 Å². The third kappa shape index (κ3) is 5.34. The highest BCUT2D eigenvalue weighted by atomic mass is 35.5. The summed E-state index contributed by atoms with van der Waals surface area (Å²) in [5.74, 6) is 1.22. The van der Waals surface area contributed by atoms with E-state index in [1.807, 2.05) is 31.2 Å². The molecule has 0 saturated heterocycles. The molecule has 1 amide bonds. The quantitative estimate of drug-likeness (QED) is 0.754. The number of nitrogens with one attached hydrogen (secondary N) is 1. The maximum absolute atomic E-state index is 12.3. The monoisotopic (exact) mass is 369 g/mol. The summed E-state index contributed by atoms with van der Waals surface area (Å²) in [6.45, 7) is 1.87. The number of hydrogen-bond donors (Lipinski definition) is 1. The van der Waals surface area contributed by atoms with Gasteiger partial charge >= 0.3 is 0 Å². The Morgan fingerprint density at radius 2 is 1.83 bits per heavy atom. The van der Waals surface area contributed by atoms with E-state index in [-0.39, 0.29) is 11.2 Å². The highest BCUT2D eigenvalue weighted by Gasteiger charge is 2.16. The van der Waals surface area contributed by atoms with Crippen LogP contribution in [-0.2, 0) is 10.5 Å². The second kappa shape index (κ2) is 8.48. The fourth-order valence-corrected chi connectivity index (χ4v) is 3.03. The lowest BCUT2D eigenvalue weighted by Crippen LogP contribution is -2.22. The van der Waals surface area contributed by atoms with Crippen LogP contribution >= 0.6 is 35.0 Å². The average molecular weight is 370 g/mol. The molecule has 0 saturated carbocycles. The van der Waals surface area contributed by atoms with E-state index in [1.54, 1.807) is 37.1 Å². The van der Waals surface area contributed by atoms with Crippen LogP contribution in [0.3, 0.4) is 0 Å². The van der Waals surface area contributed by atoms with Gasteiger partial charge in [-0.3, -0.25) is 4.79 Å². The van der Waals surface area contributed by atoms with Crippen molar-refractivity contribution in [2.24, 2.45) is 0 Å². The van der Waals surface area contributed by atoms with Crippen molar-refractivity contribution in [2.75, 3.05) is 12.4 Å². The summed E-state index contributed by atoms with van der Waals surface area (Å²) in [6, 6.07) is 12.7. The molecule has 6 heteroatoms. The van der Waals surface area contributed by atoms with Crippen LogP contribution in [0.4, 0.5) is 5.69 Å². The van der Waals surface area contributed by atoms with Gasteiger partial charge in [0.25, 0.3) is 0 Å². The van der Waals surface area contributed by atoms with Crippen LogP contribution in [0.5, 0.6) is 5.75 Å². The van der Waals surface area contributed by atoms with E-state index in [1.165, 1.54) is 0 Å². The summed E-state index contributed by atoms with van der Waals surface area (Å²) in [5, 5.41) is 3.89. The van der Waals surface area contributed by atoms with Gasteiger partial charge in [0, 0.05) is 15.8 Å². The molecule has 0 unspecified atom stereocenters. The van der Waals surface area contributed by atoms with Crippen molar-refractivity contribution < 1.29 is 9.53 Å². The number of rotatable bonds is 6. The van der Waals surface area contributed by atoms with Crippen molar-refractivity contribution in [3.8, 4) is 5.75 Å². The zero-order chi connectivity index (χ0) is 16.8. The van der Waals surface area contributed by atoms with Gasteiger partial charge in [-0.15, -0.1) is 11.8 Å². The van der Waals surface area contributed by atoms with E-state index in [0.29, 0.717) is 21.5 Å². The molecule has 0 spiro atoms. The van der Waals surface area contributed by atoms with E-state index >= 15 is 0 Å². The predicted octanol–water partition coefficient (Wildman–Crippen LogP) is 5.26. The first-order valence-electron chi connectivity index (χ1n) is 7.00. The van der Waals surface area contributed by atoms with Crippen molar-refractivity contribution in [1.29, 1.82) is 0 Å². The van der Waals surface area contributed by atoms with Gasteiger partial charge in [-0.25, -0.2) is 0 Å². The van der Waals surface area contributed by atoms with Gasteiger partial charge < -0.3 is 10.1 Å². The first kappa shape index (κ1) is 18.0. The number of methoxy groups -OCH3 is 1. The normalized spacial score (nSPS) is 11.8. The summed E-state index contributed by atoms with van der Waals surface area (Å²) in [5.41, 5.74) is 1.70. The van der Waals surface area contributed by atoms with Gasteiger partial charge in [-0.05, 0) is 42.8 Å². The van der Waals surface area contributed by atoms with Gasteiger partial charge in [-0.2, -0.15) is 0 Å². The second-order valence-electron chi connectivity index (χ2n) is 4.91. The first-order valence-corrected chi connectivity index (χ1v) is 8.80. The molecule has 0 aromatic heterocycles. The Labute approximate surface area is 150 Å². The maximum Gasteiger partial charge on any atom is 0.237 e. The number of halogens is 2. The third-order valence-corrected chi connectivity index (χ3v) is 4.90. The fraction of sp³-hybridized carbons (Fsp3) is 0.235. The van der Waals surface area contributed by atoms with Crippen LogP contribution in [0, 0.1) is 0 Å². The fourth-order valence-electron chi connectivity index (χ4n) is 1.89. The highest BCUT2D eigenvalue weighted by molar-refractivity contribution is 7.99. The van der Waals surface area contributed by atoms with Crippen LogP contribution in [0.1, 0.15) is 12.5 Å². The Balaban J connectivity index is 1.94. The lowest BCUT2D eigenvalue weighted by atomic mass is 10.2. The molecule has 0 bridgehead atoms. The lowest BCUT2D eigenvalue weighted by molar-refractivity contribution is -0.115. The predicted molar refractivity (Wildman–Crippen MR) is 98.8 cm³/mol. The van der Waals surface area contributed by atoms with Crippen molar-refractivity contribution >= 4 is 46.6 Å². The van der Waals surface area contributed by atoms with Crippen molar-refractivity contribution in [3.05, 3.63) is 58.1 Å². The zero-order valence-corrected chi connectivity index (χ0v) is 15.1. The van der Waals surface area contributed by atoms with Crippen LogP contribution < -0.4 is 10.1 Å². The van der Waals surface area contributed by atoms with Gasteiger partial charge in [-0.1, -0.05) is 35.3 Å². The van der Waals surface area contributed by atoms with Gasteiger partial charge in [0.05, 0.1) is 18.0 Å². The van der Waals surface area contributed by atoms with Gasteiger partial charge in [0.1, 0.15) is 5.75 Å². The molecule has 122 valence electrons. The molecule has 3 nitrogen and oxygen atoms in total. The molecule has 1 N–H and O–H groups in total. The molecular formula is C17H17Cl2NO2S. The minimum atomic E-state index is -0.214. The highest BCUT2D eigenvalue weighted by Crippen LogP contribution is 2.29. The number of amides is 1. The maximum atomic E-state index is 12.3. The minimum absolute atomic E-state index is 0.0930. The topological polar surface area (TPSA) is 38.3 Å². The minimum Gasteiger partial charge on any atom is -0.495 e. The van der Waals surface area contributed by atoms with E-state index in [9.17, 15) is 4.79 Å². The summed E-state index contributed by atoms with van der Waals surface area (Å²) >= 11 is 13.4. The molecule has 0 aliphatic carbocycles. The molecule has 0 aliphatic rings. The van der Waals surface area contributed by atoms with E-state index in [2.05, 4.69) is 5.32 Å². The van der Waals surface area contributed by atoms with E-state index in [0.717, 1.165) is 11.3 Å². The Morgan fingerprint density at radius 1 is 1.17 bits per heavy atom. The van der Waals surface area contributed by atoms with Crippen LogP contribution in [0.15, 0.2) is 42.5 Å². The molecule has 0 heterocycles. The van der Waals surface area contributed by atoms with Gasteiger partial charge in [0.2, 0.25) is 5.91 Å². The largest absolute Gasteiger partial charge is 0.495 e. The number of carbonyl (C=O) groups excluding carboxylic acids is 1. The van der Waals surface area contributed by atoms with Crippen molar-refractivity contribution in [3.63, 3.8) is 0 Å². The van der Waals surface area contributed by atoms with Gasteiger partial charge in [0.15, 0.2) is 0 Å². The zero-order valence-electron chi connectivity index (χ0n) is 12.8. The Morgan fingerprint density at radius 3 is 2.48 bits per heavy atom. The molecule has 2 aromatic rings. The van der Waals surface area contributed by atoms with Crippen LogP contribution in [-0.4, -0.2) is 18.3 Å².